The Kier molecular flexibility index (Phi) is 5.16. The van der Waals surface area contributed by atoms with Crippen LogP contribution in [0.2, 0.25) is 0 Å². The van der Waals surface area contributed by atoms with Crippen LogP contribution in [0, 0.1) is 5.82 Å². The predicted molar refractivity (Wildman–Crippen MR) is 114 cm³/mol. The summed E-state index contributed by atoms with van der Waals surface area (Å²) in [6.45, 7) is 2.17. The van der Waals surface area contributed by atoms with E-state index >= 15 is 4.39 Å². The number of aromatic amines is 2. The number of morpholine rings is 1. The van der Waals surface area contributed by atoms with E-state index in [0.717, 1.165) is 12.1 Å². The number of fused-ring (bicyclic) bond motifs is 1. The average molecular weight is 458 g/mol. The molecule has 0 radical (unpaired) electrons. The summed E-state index contributed by atoms with van der Waals surface area (Å²) in [4.78, 5) is 24.8. The van der Waals surface area contributed by atoms with Gasteiger partial charge in [-0.3, -0.25) is 4.79 Å². The lowest BCUT2D eigenvalue weighted by molar-refractivity contribution is -0.137. The van der Waals surface area contributed by atoms with Crippen LogP contribution in [0.1, 0.15) is 21.5 Å². The highest BCUT2D eigenvalue weighted by Gasteiger charge is 2.35. The van der Waals surface area contributed by atoms with Gasteiger partial charge in [-0.25, -0.2) is 9.37 Å². The standard InChI is InChI=1S/C23H18F4N4O2/c24-19-18(31-7-9-33-10-8-31)6-5-16-20(19)30-22(29-16)17-11-13(12-28-17)21(32)14-3-1-2-4-15(14)23(25,26)27/h1-6,11-12,28H,7-10H2,(H,29,30). The number of carbonyl (C=O) groups excluding carboxylic acids is 1. The minimum absolute atomic E-state index is 0.0385. The lowest BCUT2D eigenvalue weighted by atomic mass is 9.99. The highest BCUT2D eigenvalue weighted by Crippen LogP contribution is 2.33. The number of hydrogen-bond donors (Lipinski definition) is 2. The number of halogens is 4. The molecule has 170 valence electrons. The summed E-state index contributed by atoms with van der Waals surface area (Å²) in [6, 6.07) is 9.40. The Balaban J connectivity index is 1.47. The van der Waals surface area contributed by atoms with Gasteiger partial charge in [-0.05, 0) is 24.3 Å². The van der Waals surface area contributed by atoms with Crippen molar-refractivity contribution in [3.05, 3.63) is 71.2 Å². The van der Waals surface area contributed by atoms with E-state index in [9.17, 15) is 18.0 Å². The highest BCUT2D eigenvalue weighted by atomic mass is 19.4. The Labute approximate surface area is 185 Å². The quantitative estimate of drug-likeness (QED) is 0.341. The van der Waals surface area contributed by atoms with Gasteiger partial charge in [0, 0.05) is 30.4 Å². The molecule has 0 saturated carbocycles. The first-order valence-electron chi connectivity index (χ1n) is 10.2. The zero-order valence-corrected chi connectivity index (χ0v) is 17.2. The summed E-state index contributed by atoms with van der Waals surface area (Å²) >= 11 is 0. The molecule has 5 rings (SSSR count). The van der Waals surface area contributed by atoms with Crippen molar-refractivity contribution < 1.29 is 27.1 Å². The summed E-state index contributed by atoms with van der Waals surface area (Å²) in [5.41, 5.74) is -0.0261. The van der Waals surface area contributed by atoms with Gasteiger partial charge in [-0.2, -0.15) is 13.2 Å². The maximum absolute atomic E-state index is 15.2. The number of aromatic nitrogens is 3. The van der Waals surface area contributed by atoms with Crippen LogP contribution >= 0.6 is 0 Å². The van der Waals surface area contributed by atoms with Crippen LogP contribution in [0.25, 0.3) is 22.6 Å². The fourth-order valence-corrected chi connectivity index (χ4v) is 3.95. The molecule has 1 aliphatic heterocycles. The topological polar surface area (TPSA) is 74.0 Å². The molecule has 2 aromatic carbocycles. The number of hydrogen-bond acceptors (Lipinski definition) is 4. The molecular formula is C23H18F4N4O2. The number of ketones is 1. The maximum atomic E-state index is 15.2. The molecule has 4 aromatic rings. The molecule has 10 heteroatoms. The Morgan fingerprint density at radius 2 is 1.85 bits per heavy atom. The van der Waals surface area contributed by atoms with Gasteiger partial charge in [0.15, 0.2) is 17.4 Å². The highest BCUT2D eigenvalue weighted by molar-refractivity contribution is 6.10. The molecular weight excluding hydrogens is 440 g/mol. The van der Waals surface area contributed by atoms with Gasteiger partial charge in [0.05, 0.1) is 35.7 Å². The minimum Gasteiger partial charge on any atom is -0.378 e. The summed E-state index contributed by atoms with van der Waals surface area (Å²) in [5.74, 6) is -0.979. The number of rotatable bonds is 4. The second kappa shape index (κ2) is 8.04. The number of benzene rings is 2. The predicted octanol–water partition coefficient (Wildman–Crippen LogP) is 4.78. The van der Waals surface area contributed by atoms with Crippen molar-refractivity contribution in [3.8, 4) is 11.5 Å². The molecule has 1 aliphatic rings. The van der Waals surface area contributed by atoms with Crippen LogP contribution in [0.3, 0.4) is 0 Å². The van der Waals surface area contributed by atoms with Gasteiger partial charge in [0.1, 0.15) is 5.52 Å². The van der Waals surface area contributed by atoms with Crippen molar-refractivity contribution in [1.29, 1.82) is 0 Å². The summed E-state index contributed by atoms with van der Waals surface area (Å²) in [6.07, 6.45) is -3.34. The summed E-state index contributed by atoms with van der Waals surface area (Å²) < 4.78 is 60.4. The van der Waals surface area contributed by atoms with Gasteiger partial charge in [0.25, 0.3) is 0 Å². The molecule has 1 saturated heterocycles. The summed E-state index contributed by atoms with van der Waals surface area (Å²) in [7, 11) is 0. The van der Waals surface area contributed by atoms with E-state index < -0.39 is 28.9 Å². The minimum atomic E-state index is -4.65. The number of ether oxygens (including phenoxy) is 1. The maximum Gasteiger partial charge on any atom is 0.417 e. The molecule has 1 fully saturated rings. The second-order valence-corrected chi connectivity index (χ2v) is 7.65. The number of anilines is 1. The Hall–Kier alpha value is -3.66. The van der Waals surface area contributed by atoms with Crippen LogP contribution in [0.5, 0.6) is 0 Å². The molecule has 2 N–H and O–H groups in total. The van der Waals surface area contributed by atoms with Gasteiger partial charge in [0.2, 0.25) is 0 Å². The Morgan fingerprint density at radius 1 is 1.09 bits per heavy atom. The molecule has 33 heavy (non-hydrogen) atoms. The zero-order valence-electron chi connectivity index (χ0n) is 17.2. The van der Waals surface area contributed by atoms with E-state index in [4.69, 9.17) is 4.74 Å². The summed E-state index contributed by atoms with van der Waals surface area (Å²) in [5, 5.41) is 0. The monoisotopic (exact) mass is 458 g/mol. The third kappa shape index (κ3) is 3.86. The van der Waals surface area contributed by atoms with Crippen molar-refractivity contribution in [2.45, 2.75) is 6.18 Å². The van der Waals surface area contributed by atoms with Crippen LogP contribution in [0.15, 0.2) is 48.7 Å². The molecule has 0 aliphatic carbocycles. The van der Waals surface area contributed by atoms with Gasteiger partial charge in [-0.15, -0.1) is 0 Å². The van der Waals surface area contributed by atoms with Crippen LogP contribution in [0.4, 0.5) is 23.2 Å². The fraction of sp³-hybridized carbons (Fsp3) is 0.217. The fourth-order valence-electron chi connectivity index (χ4n) is 3.95. The number of carbonyl (C=O) groups is 1. The molecule has 0 spiro atoms. The molecule has 0 bridgehead atoms. The van der Waals surface area contributed by atoms with Gasteiger partial charge in [-0.1, -0.05) is 18.2 Å². The lowest BCUT2D eigenvalue weighted by Gasteiger charge is -2.29. The Bertz CT molecular complexity index is 1340. The first kappa shape index (κ1) is 21.2. The van der Waals surface area contributed by atoms with E-state index in [0.29, 0.717) is 43.2 Å². The molecule has 0 amide bonds. The van der Waals surface area contributed by atoms with Crippen molar-refractivity contribution in [3.63, 3.8) is 0 Å². The first-order valence-corrected chi connectivity index (χ1v) is 10.2. The number of imidazole rings is 1. The normalized spacial score (nSPS) is 14.7. The third-order valence-electron chi connectivity index (χ3n) is 5.60. The van der Waals surface area contributed by atoms with Crippen LogP contribution in [-0.2, 0) is 10.9 Å². The second-order valence-electron chi connectivity index (χ2n) is 7.65. The largest absolute Gasteiger partial charge is 0.417 e. The lowest BCUT2D eigenvalue weighted by Crippen LogP contribution is -2.36. The molecule has 2 aromatic heterocycles. The average Bonchev–Trinajstić information content (AvgIpc) is 3.47. The number of nitrogens with zero attached hydrogens (tertiary/aromatic N) is 2. The van der Waals surface area contributed by atoms with Crippen molar-refractivity contribution in [2.24, 2.45) is 0 Å². The van der Waals surface area contributed by atoms with E-state index in [1.807, 2.05) is 4.90 Å². The molecule has 0 atom stereocenters. The number of alkyl halides is 3. The first-order chi connectivity index (χ1) is 15.8. The van der Waals surface area contributed by atoms with E-state index in [1.54, 1.807) is 12.1 Å². The van der Waals surface area contributed by atoms with Crippen LogP contribution in [-0.4, -0.2) is 47.0 Å². The molecule has 0 unspecified atom stereocenters. The van der Waals surface area contributed by atoms with Gasteiger partial charge >= 0.3 is 6.18 Å². The molecule has 3 heterocycles. The van der Waals surface area contributed by atoms with Crippen LogP contribution < -0.4 is 4.90 Å². The van der Waals surface area contributed by atoms with Crippen molar-refractivity contribution in [2.75, 3.05) is 31.2 Å². The SMILES string of the molecule is O=C(c1c[nH]c(-c2nc3c(F)c(N4CCOCC4)ccc3[nH]2)c1)c1ccccc1C(F)(F)F. The van der Waals surface area contributed by atoms with Crippen molar-refractivity contribution >= 4 is 22.5 Å². The number of nitrogens with one attached hydrogen (secondary N) is 2. The van der Waals surface area contributed by atoms with E-state index in [2.05, 4.69) is 15.0 Å². The number of H-pyrrole nitrogens is 2. The van der Waals surface area contributed by atoms with Gasteiger partial charge < -0.3 is 19.6 Å². The Morgan fingerprint density at radius 3 is 2.61 bits per heavy atom. The smallest absolute Gasteiger partial charge is 0.378 e. The molecule has 6 nitrogen and oxygen atoms in total. The van der Waals surface area contributed by atoms with Crippen molar-refractivity contribution in [1.82, 2.24) is 15.0 Å². The van der Waals surface area contributed by atoms with E-state index in [-0.39, 0.29) is 16.9 Å². The third-order valence-corrected chi connectivity index (χ3v) is 5.60. The van der Waals surface area contributed by atoms with E-state index in [1.165, 1.54) is 24.4 Å². The zero-order chi connectivity index (χ0) is 23.2.